The van der Waals surface area contributed by atoms with E-state index in [9.17, 15) is 0 Å². The first kappa shape index (κ1) is 20.1. The van der Waals surface area contributed by atoms with Gasteiger partial charge in [-0.15, -0.1) is 0 Å². The fraction of sp³-hybridized carbons (Fsp3) is 0.381. The third-order valence-electron chi connectivity index (χ3n) is 4.92. The molecule has 0 saturated carbocycles. The molecule has 0 fully saturated rings. The minimum atomic E-state index is 0.671. The molecule has 0 bridgehead atoms. The summed E-state index contributed by atoms with van der Waals surface area (Å²) in [6.07, 6.45) is 1.83. The molecule has 2 aromatic heterocycles. The lowest BCUT2D eigenvalue weighted by molar-refractivity contribution is 0.471. The van der Waals surface area contributed by atoms with E-state index in [4.69, 9.17) is 17.3 Å². The molecule has 0 aliphatic carbocycles. The van der Waals surface area contributed by atoms with Crippen LogP contribution in [0.15, 0.2) is 36.5 Å². The minimum Gasteiger partial charge on any atom is -0.346 e. The molecule has 6 nitrogen and oxygen atoms in total. The van der Waals surface area contributed by atoms with E-state index >= 15 is 0 Å². The van der Waals surface area contributed by atoms with Crippen molar-refractivity contribution in [2.75, 3.05) is 12.4 Å². The Morgan fingerprint density at radius 2 is 1.82 bits per heavy atom. The first-order valence-corrected chi connectivity index (χ1v) is 9.92. The first-order chi connectivity index (χ1) is 13.4. The van der Waals surface area contributed by atoms with Crippen molar-refractivity contribution in [1.82, 2.24) is 24.5 Å². The van der Waals surface area contributed by atoms with Gasteiger partial charge in [0.05, 0.1) is 35.9 Å². The van der Waals surface area contributed by atoms with Crippen molar-refractivity contribution >= 4 is 23.0 Å². The van der Waals surface area contributed by atoms with E-state index in [1.54, 1.807) is 0 Å². The van der Waals surface area contributed by atoms with Gasteiger partial charge in [-0.2, -0.15) is 10.2 Å². The summed E-state index contributed by atoms with van der Waals surface area (Å²) >= 11 is 5.63. The van der Waals surface area contributed by atoms with Crippen molar-refractivity contribution in [3.63, 3.8) is 0 Å². The first-order valence-electron chi connectivity index (χ1n) is 9.51. The molecule has 2 heterocycles. The summed E-state index contributed by atoms with van der Waals surface area (Å²) in [4.78, 5) is 2.02. The molecule has 1 N–H and O–H groups in total. The summed E-state index contributed by atoms with van der Waals surface area (Å²) in [6.45, 7) is 10.6. The number of nitrogens with zero attached hydrogens (tertiary/aromatic N) is 5. The van der Waals surface area contributed by atoms with E-state index in [-0.39, 0.29) is 0 Å². The van der Waals surface area contributed by atoms with Gasteiger partial charge in [0.1, 0.15) is 0 Å². The lowest BCUT2D eigenvalue weighted by atomic mass is 10.1. The van der Waals surface area contributed by atoms with Crippen LogP contribution in [0.3, 0.4) is 0 Å². The second kappa shape index (κ2) is 8.56. The van der Waals surface area contributed by atoms with Crippen LogP contribution < -0.4 is 5.32 Å². The Balaban J connectivity index is 1.70. The maximum atomic E-state index is 5.63. The second-order valence-corrected chi connectivity index (χ2v) is 7.50. The SMILES string of the molecule is CCn1nccc1CN(C)C(=S)Nc1c(C)nn(Cc2ccc(C)cc2)c1C. The fourth-order valence-corrected chi connectivity index (χ4v) is 3.36. The molecule has 7 heteroatoms. The van der Waals surface area contributed by atoms with Crippen LogP contribution in [0.2, 0.25) is 0 Å². The van der Waals surface area contributed by atoms with Crippen LogP contribution in [0.5, 0.6) is 0 Å². The maximum absolute atomic E-state index is 5.63. The molecular weight excluding hydrogens is 368 g/mol. The van der Waals surface area contributed by atoms with Crippen molar-refractivity contribution in [2.45, 2.75) is 47.3 Å². The largest absolute Gasteiger partial charge is 0.346 e. The van der Waals surface area contributed by atoms with Crippen LogP contribution in [-0.2, 0) is 19.6 Å². The Bertz CT molecular complexity index is 954. The Morgan fingerprint density at radius 3 is 2.50 bits per heavy atom. The zero-order valence-electron chi connectivity index (χ0n) is 17.2. The van der Waals surface area contributed by atoms with Crippen molar-refractivity contribution in [3.05, 3.63) is 64.7 Å². The van der Waals surface area contributed by atoms with E-state index < -0.39 is 0 Å². The molecule has 0 aliphatic rings. The lowest BCUT2D eigenvalue weighted by Crippen LogP contribution is -2.31. The van der Waals surface area contributed by atoms with Gasteiger partial charge in [0.2, 0.25) is 0 Å². The zero-order valence-corrected chi connectivity index (χ0v) is 18.0. The average Bonchev–Trinajstić information content (AvgIpc) is 3.22. The molecule has 3 rings (SSSR count). The van der Waals surface area contributed by atoms with Crippen molar-refractivity contribution in [1.29, 1.82) is 0 Å². The Kier molecular flexibility index (Phi) is 6.14. The number of benzene rings is 1. The number of aryl methyl sites for hydroxylation is 3. The summed E-state index contributed by atoms with van der Waals surface area (Å²) in [5, 5.41) is 13.1. The highest BCUT2D eigenvalue weighted by molar-refractivity contribution is 7.80. The molecule has 0 radical (unpaired) electrons. The molecule has 0 saturated heterocycles. The molecule has 3 aromatic rings. The predicted molar refractivity (Wildman–Crippen MR) is 118 cm³/mol. The monoisotopic (exact) mass is 396 g/mol. The quantitative estimate of drug-likeness (QED) is 0.641. The Morgan fingerprint density at radius 1 is 1.11 bits per heavy atom. The van der Waals surface area contributed by atoms with Gasteiger partial charge in [0.15, 0.2) is 5.11 Å². The summed E-state index contributed by atoms with van der Waals surface area (Å²) < 4.78 is 4.01. The molecule has 1 aromatic carbocycles. The molecule has 0 unspecified atom stereocenters. The number of hydrogen-bond acceptors (Lipinski definition) is 3. The topological polar surface area (TPSA) is 50.9 Å². The summed E-state index contributed by atoms with van der Waals surface area (Å²) in [6, 6.07) is 10.6. The lowest BCUT2D eigenvalue weighted by Gasteiger charge is -2.21. The normalized spacial score (nSPS) is 10.9. The standard InChI is InChI=1S/C21H28N6S/c1-6-26-19(11-12-22-26)14-25(5)21(28)23-20-16(3)24-27(17(20)4)13-18-9-7-15(2)8-10-18/h7-12H,6,13-14H2,1-5H3,(H,23,28). The summed E-state index contributed by atoms with van der Waals surface area (Å²) in [5.74, 6) is 0. The van der Waals surface area contributed by atoms with Gasteiger partial charge in [-0.3, -0.25) is 9.36 Å². The Labute approximate surface area is 172 Å². The summed E-state index contributed by atoms with van der Waals surface area (Å²) in [7, 11) is 1.99. The third kappa shape index (κ3) is 4.42. The van der Waals surface area contributed by atoms with E-state index in [0.29, 0.717) is 11.7 Å². The van der Waals surface area contributed by atoms with Crippen LogP contribution in [0.1, 0.15) is 35.1 Å². The van der Waals surface area contributed by atoms with Crippen LogP contribution >= 0.6 is 12.2 Å². The molecule has 0 amide bonds. The van der Waals surface area contributed by atoms with Crippen molar-refractivity contribution in [2.24, 2.45) is 0 Å². The molecule has 0 aliphatic heterocycles. The third-order valence-corrected chi connectivity index (χ3v) is 5.33. The van der Waals surface area contributed by atoms with E-state index in [1.165, 1.54) is 11.1 Å². The van der Waals surface area contributed by atoms with Gasteiger partial charge in [-0.1, -0.05) is 29.8 Å². The highest BCUT2D eigenvalue weighted by atomic mass is 32.1. The smallest absolute Gasteiger partial charge is 0.173 e. The van der Waals surface area contributed by atoms with Gasteiger partial charge >= 0.3 is 0 Å². The highest BCUT2D eigenvalue weighted by Crippen LogP contribution is 2.21. The van der Waals surface area contributed by atoms with E-state index in [2.05, 4.69) is 55.5 Å². The number of anilines is 1. The predicted octanol–water partition coefficient (Wildman–Crippen LogP) is 3.90. The average molecular weight is 397 g/mol. The van der Waals surface area contributed by atoms with Gasteiger partial charge in [-0.25, -0.2) is 0 Å². The number of nitrogens with one attached hydrogen (secondary N) is 1. The number of thiocarbonyl (C=S) groups is 1. The molecule has 148 valence electrons. The van der Waals surface area contributed by atoms with E-state index in [1.807, 2.05) is 40.5 Å². The van der Waals surface area contributed by atoms with Crippen LogP contribution in [0.25, 0.3) is 0 Å². The van der Waals surface area contributed by atoms with Crippen LogP contribution in [0, 0.1) is 20.8 Å². The highest BCUT2D eigenvalue weighted by Gasteiger charge is 2.15. The summed E-state index contributed by atoms with van der Waals surface area (Å²) in [5.41, 5.74) is 6.63. The minimum absolute atomic E-state index is 0.671. The molecule has 0 spiro atoms. The number of aromatic nitrogens is 4. The van der Waals surface area contributed by atoms with Crippen LogP contribution in [-0.4, -0.2) is 36.6 Å². The maximum Gasteiger partial charge on any atom is 0.173 e. The second-order valence-electron chi connectivity index (χ2n) is 7.11. The number of rotatable bonds is 6. The Hall–Kier alpha value is -2.67. The molecule has 0 atom stereocenters. The van der Waals surface area contributed by atoms with Gasteiger partial charge in [-0.05, 0) is 51.5 Å². The zero-order chi connectivity index (χ0) is 20.3. The molecule has 28 heavy (non-hydrogen) atoms. The van der Waals surface area contributed by atoms with Crippen molar-refractivity contribution in [3.8, 4) is 0 Å². The van der Waals surface area contributed by atoms with Gasteiger partial charge in [0.25, 0.3) is 0 Å². The number of hydrogen-bond donors (Lipinski definition) is 1. The van der Waals surface area contributed by atoms with Gasteiger partial charge < -0.3 is 10.2 Å². The van der Waals surface area contributed by atoms with E-state index in [0.717, 1.165) is 35.9 Å². The fourth-order valence-electron chi connectivity index (χ4n) is 3.19. The van der Waals surface area contributed by atoms with Crippen LogP contribution in [0.4, 0.5) is 5.69 Å². The molecular formula is C21H28N6S. The van der Waals surface area contributed by atoms with Crippen molar-refractivity contribution < 1.29 is 0 Å². The van der Waals surface area contributed by atoms with Gasteiger partial charge in [0, 0.05) is 19.8 Å².